The van der Waals surface area contributed by atoms with Gasteiger partial charge in [0.15, 0.2) is 11.4 Å². The normalized spacial score (nSPS) is 11.4. The number of furan rings is 2. The lowest BCUT2D eigenvalue weighted by molar-refractivity contribution is 0.0686. The highest BCUT2D eigenvalue weighted by molar-refractivity contribution is 5.92. The molecule has 0 radical (unpaired) electrons. The van der Waals surface area contributed by atoms with E-state index < -0.39 is 0 Å². The van der Waals surface area contributed by atoms with Gasteiger partial charge >= 0.3 is 0 Å². The molecule has 150 valence electrons. The fraction of sp³-hybridized carbons (Fsp3) is 0.182. The molecule has 8 heteroatoms. The Morgan fingerprint density at radius 2 is 1.90 bits per heavy atom. The van der Waals surface area contributed by atoms with E-state index in [4.69, 9.17) is 8.83 Å². The molecule has 0 fully saturated rings. The van der Waals surface area contributed by atoms with E-state index in [0.29, 0.717) is 24.5 Å². The molecule has 5 aromatic rings. The van der Waals surface area contributed by atoms with E-state index in [9.17, 15) is 4.79 Å². The zero-order valence-corrected chi connectivity index (χ0v) is 16.6. The van der Waals surface area contributed by atoms with Gasteiger partial charge in [-0.3, -0.25) is 4.79 Å². The van der Waals surface area contributed by atoms with Crippen molar-refractivity contribution >= 4 is 22.5 Å². The van der Waals surface area contributed by atoms with Crippen LogP contribution >= 0.6 is 0 Å². The molecule has 0 N–H and O–H groups in total. The minimum atomic E-state index is -0.234. The Hall–Kier alpha value is -3.94. The Kier molecular flexibility index (Phi) is 4.31. The first-order valence-corrected chi connectivity index (χ1v) is 9.56. The molecule has 0 unspecified atom stereocenters. The predicted octanol–water partition coefficient (Wildman–Crippen LogP) is 3.92. The number of carbonyl (C=O) groups excluding carboxylic acids is 1. The van der Waals surface area contributed by atoms with Gasteiger partial charge in [-0.1, -0.05) is 11.6 Å². The first-order valence-electron chi connectivity index (χ1n) is 9.56. The van der Waals surface area contributed by atoms with Crippen molar-refractivity contribution in [1.29, 1.82) is 0 Å². The Morgan fingerprint density at radius 1 is 1.07 bits per heavy atom. The topological polar surface area (TPSA) is 89.7 Å². The summed E-state index contributed by atoms with van der Waals surface area (Å²) in [6, 6.07) is 13.2. The Balaban J connectivity index is 1.61. The maximum Gasteiger partial charge on any atom is 0.290 e. The number of nitrogens with zero attached hydrogens (tertiary/aromatic N) is 5. The van der Waals surface area contributed by atoms with Gasteiger partial charge in [-0.2, -0.15) is 4.52 Å². The van der Waals surface area contributed by atoms with Crippen molar-refractivity contribution in [3.63, 3.8) is 0 Å². The number of amides is 1. The van der Waals surface area contributed by atoms with Crippen LogP contribution in [-0.4, -0.2) is 30.8 Å². The summed E-state index contributed by atoms with van der Waals surface area (Å²) < 4.78 is 12.6. The van der Waals surface area contributed by atoms with Crippen molar-refractivity contribution in [2.45, 2.75) is 26.9 Å². The zero-order chi connectivity index (χ0) is 20.7. The smallest absolute Gasteiger partial charge is 0.290 e. The maximum absolute atomic E-state index is 13.1. The fourth-order valence-electron chi connectivity index (χ4n) is 3.85. The van der Waals surface area contributed by atoms with Gasteiger partial charge in [0.1, 0.15) is 5.76 Å². The van der Waals surface area contributed by atoms with Crippen molar-refractivity contribution in [1.82, 2.24) is 24.9 Å². The first kappa shape index (κ1) is 18.1. The Bertz CT molecular complexity index is 1340. The number of carbonyl (C=O) groups is 1. The number of tetrazole rings is 1. The van der Waals surface area contributed by atoms with Crippen LogP contribution in [-0.2, 0) is 13.1 Å². The van der Waals surface area contributed by atoms with Crippen molar-refractivity contribution in [2.75, 3.05) is 0 Å². The quantitative estimate of drug-likeness (QED) is 0.443. The average molecular weight is 401 g/mol. The summed E-state index contributed by atoms with van der Waals surface area (Å²) >= 11 is 0. The van der Waals surface area contributed by atoms with Gasteiger partial charge in [-0.05, 0) is 66.2 Å². The van der Waals surface area contributed by atoms with Gasteiger partial charge in [0.25, 0.3) is 5.91 Å². The molecule has 0 saturated heterocycles. The summed E-state index contributed by atoms with van der Waals surface area (Å²) in [5, 5.41) is 13.3. The van der Waals surface area contributed by atoms with Crippen LogP contribution in [0.1, 0.15) is 33.0 Å². The average Bonchev–Trinajstić information content (AvgIpc) is 3.48. The molecule has 0 aliphatic carbocycles. The van der Waals surface area contributed by atoms with Crippen LogP contribution in [0.2, 0.25) is 0 Å². The molecule has 1 aromatic carbocycles. The lowest BCUT2D eigenvalue weighted by Gasteiger charge is -2.21. The molecule has 8 nitrogen and oxygen atoms in total. The molecule has 0 bridgehead atoms. The second-order valence-electron chi connectivity index (χ2n) is 7.32. The molecule has 30 heavy (non-hydrogen) atoms. The van der Waals surface area contributed by atoms with E-state index in [1.807, 2.05) is 19.1 Å². The number of aryl methyl sites for hydroxylation is 2. The van der Waals surface area contributed by atoms with Gasteiger partial charge in [-0.25, -0.2) is 0 Å². The second kappa shape index (κ2) is 7.14. The molecule has 0 aliphatic rings. The number of aromatic nitrogens is 4. The third-order valence-electron chi connectivity index (χ3n) is 5.08. The SMILES string of the molecule is Cc1cc(C)c2c(c1)cc(CN(Cc1ccco1)C(=O)c1ccco1)c1nnnn12. The molecule has 4 aromatic heterocycles. The number of benzene rings is 1. The number of hydrogen-bond acceptors (Lipinski definition) is 6. The second-order valence-corrected chi connectivity index (χ2v) is 7.32. The molecule has 5 rings (SSSR count). The largest absolute Gasteiger partial charge is 0.467 e. The van der Waals surface area contributed by atoms with Gasteiger partial charge in [0, 0.05) is 10.9 Å². The van der Waals surface area contributed by atoms with Crippen molar-refractivity contribution < 1.29 is 13.6 Å². The van der Waals surface area contributed by atoms with E-state index >= 15 is 0 Å². The molecule has 0 spiro atoms. The standard InChI is InChI=1S/C22H19N5O3/c1-14-9-15(2)20-16(10-14)11-17(21-23-24-25-27(20)21)12-26(13-18-5-3-7-29-18)22(28)19-6-4-8-30-19/h3-11H,12-13H2,1-2H3. The van der Waals surface area contributed by atoms with Crippen molar-refractivity contribution in [3.05, 3.63) is 83.2 Å². The van der Waals surface area contributed by atoms with Crippen LogP contribution in [0.25, 0.3) is 16.6 Å². The summed E-state index contributed by atoms with van der Waals surface area (Å²) in [5.41, 5.74) is 4.65. The van der Waals surface area contributed by atoms with E-state index in [-0.39, 0.29) is 11.7 Å². The number of hydrogen-bond donors (Lipinski definition) is 0. The lowest BCUT2D eigenvalue weighted by atomic mass is 10.0. The van der Waals surface area contributed by atoms with Crippen LogP contribution in [0.5, 0.6) is 0 Å². The third-order valence-corrected chi connectivity index (χ3v) is 5.08. The fourth-order valence-corrected chi connectivity index (χ4v) is 3.85. The predicted molar refractivity (Wildman–Crippen MR) is 109 cm³/mol. The van der Waals surface area contributed by atoms with E-state index in [1.165, 1.54) is 6.26 Å². The summed E-state index contributed by atoms with van der Waals surface area (Å²) in [6.45, 7) is 4.69. The van der Waals surface area contributed by atoms with Crippen LogP contribution < -0.4 is 0 Å². The zero-order valence-electron chi connectivity index (χ0n) is 16.6. The monoisotopic (exact) mass is 401 g/mol. The van der Waals surface area contributed by atoms with Crippen LogP contribution in [0.4, 0.5) is 0 Å². The highest BCUT2D eigenvalue weighted by Gasteiger charge is 2.22. The molecule has 4 heterocycles. The van der Waals surface area contributed by atoms with Crippen LogP contribution in [0.15, 0.2) is 63.8 Å². The minimum Gasteiger partial charge on any atom is -0.467 e. The molecule has 1 amide bonds. The van der Waals surface area contributed by atoms with Crippen molar-refractivity contribution in [3.8, 4) is 0 Å². The van der Waals surface area contributed by atoms with E-state index in [1.54, 1.807) is 33.9 Å². The van der Waals surface area contributed by atoms with Crippen molar-refractivity contribution in [2.24, 2.45) is 0 Å². The minimum absolute atomic E-state index is 0.234. The maximum atomic E-state index is 13.1. The summed E-state index contributed by atoms with van der Waals surface area (Å²) in [5.74, 6) is 0.713. The van der Waals surface area contributed by atoms with Crippen LogP contribution in [0.3, 0.4) is 0 Å². The van der Waals surface area contributed by atoms with Gasteiger partial charge in [0.2, 0.25) is 0 Å². The van der Waals surface area contributed by atoms with E-state index in [0.717, 1.165) is 27.6 Å². The summed E-state index contributed by atoms with van der Waals surface area (Å²) in [7, 11) is 0. The van der Waals surface area contributed by atoms with Crippen LogP contribution in [0, 0.1) is 13.8 Å². The highest BCUT2D eigenvalue weighted by atomic mass is 16.3. The lowest BCUT2D eigenvalue weighted by Crippen LogP contribution is -2.30. The van der Waals surface area contributed by atoms with Gasteiger partial charge in [-0.15, -0.1) is 5.10 Å². The summed E-state index contributed by atoms with van der Waals surface area (Å²) in [4.78, 5) is 14.8. The summed E-state index contributed by atoms with van der Waals surface area (Å²) in [6.07, 6.45) is 3.08. The molecular weight excluding hydrogens is 382 g/mol. The van der Waals surface area contributed by atoms with Gasteiger partial charge in [0.05, 0.1) is 31.1 Å². The molecule has 0 aliphatic heterocycles. The number of fused-ring (bicyclic) bond motifs is 3. The molecule has 0 atom stereocenters. The first-order chi connectivity index (χ1) is 14.6. The number of rotatable bonds is 5. The molecular formula is C22H19N5O3. The Morgan fingerprint density at radius 3 is 2.67 bits per heavy atom. The highest BCUT2D eigenvalue weighted by Crippen LogP contribution is 2.25. The molecule has 0 saturated carbocycles. The van der Waals surface area contributed by atoms with E-state index in [2.05, 4.69) is 34.6 Å². The Labute approximate surface area is 171 Å². The van der Waals surface area contributed by atoms with Gasteiger partial charge < -0.3 is 13.7 Å². The number of pyridine rings is 1. The third kappa shape index (κ3) is 3.12.